The van der Waals surface area contributed by atoms with E-state index in [0.717, 1.165) is 0 Å². The van der Waals surface area contributed by atoms with Gasteiger partial charge in [0.15, 0.2) is 0 Å². The lowest BCUT2D eigenvalue weighted by atomic mass is 10.2. The summed E-state index contributed by atoms with van der Waals surface area (Å²) in [6.07, 6.45) is 0. The second-order valence-electron chi connectivity index (χ2n) is 4.69. The number of para-hydroxylation sites is 1. The second-order valence-corrected chi connectivity index (χ2v) is 5.10. The molecule has 0 bridgehead atoms. The van der Waals surface area contributed by atoms with Crippen molar-refractivity contribution in [1.82, 2.24) is 10.6 Å². The number of esters is 1. The lowest BCUT2D eigenvalue weighted by molar-refractivity contribution is -0.141. The van der Waals surface area contributed by atoms with Crippen molar-refractivity contribution in [2.45, 2.75) is 0 Å². The van der Waals surface area contributed by atoms with E-state index in [-0.39, 0.29) is 13.1 Å². The molecule has 23 heavy (non-hydrogen) atoms. The summed E-state index contributed by atoms with van der Waals surface area (Å²) in [6, 6.07) is 4.54. The third-order valence-electron chi connectivity index (χ3n) is 2.75. The van der Waals surface area contributed by atoms with E-state index in [4.69, 9.17) is 11.6 Å². The number of methoxy groups -OCH3 is 1. The van der Waals surface area contributed by atoms with Gasteiger partial charge in [0.2, 0.25) is 5.91 Å². The quantitative estimate of drug-likeness (QED) is 0.664. The maximum Gasteiger partial charge on any atom is 0.325 e. The molecule has 0 unspecified atom stereocenters. The number of halogens is 1. The SMILES string of the molecule is COC(=O)CNC(=O)CNC(=O)Nc1cccc(Cl)c1N(C)C. The monoisotopic (exact) mass is 342 g/mol. The molecule has 0 atom stereocenters. The highest BCUT2D eigenvalue weighted by Crippen LogP contribution is 2.32. The van der Waals surface area contributed by atoms with Crippen LogP contribution in [-0.4, -0.2) is 52.2 Å². The van der Waals surface area contributed by atoms with Gasteiger partial charge < -0.3 is 25.6 Å². The average Bonchev–Trinajstić information content (AvgIpc) is 2.50. The van der Waals surface area contributed by atoms with E-state index in [1.807, 2.05) is 0 Å². The highest BCUT2D eigenvalue weighted by atomic mass is 35.5. The fraction of sp³-hybridized carbons (Fsp3) is 0.357. The molecule has 1 rings (SSSR count). The number of nitrogens with one attached hydrogen (secondary N) is 3. The molecule has 0 spiro atoms. The summed E-state index contributed by atoms with van der Waals surface area (Å²) in [5.41, 5.74) is 1.16. The van der Waals surface area contributed by atoms with Crippen LogP contribution in [-0.2, 0) is 14.3 Å². The fourth-order valence-corrected chi connectivity index (χ4v) is 2.05. The van der Waals surface area contributed by atoms with Crippen molar-refractivity contribution in [3.63, 3.8) is 0 Å². The molecule has 8 nitrogen and oxygen atoms in total. The highest BCUT2D eigenvalue weighted by Gasteiger charge is 2.12. The number of anilines is 2. The Bertz CT molecular complexity index is 592. The lowest BCUT2D eigenvalue weighted by Gasteiger charge is -2.19. The topological polar surface area (TPSA) is 99.8 Å². The van der Waals surface area contributed by atoms with Gasteiger partial charge in [-0.1, -0.05) is 17.7 Å². The number of nitrogens with zero attached hydrogens (tertiary/aromatic N) is 1. The molecule has 9 heteroatoms. The van der Waals surface area contributed by atoms with Crippen LogP contribution in [0.25, 0.3) is 0 Å². The third-order valence-corrected chi connectivity index (χ3v) is 3.05. The van der Waals surface area contributed by atoms with Gasteiger partial charge in [-0.25, -0.2) is 4.79 Å². The van der Waals surface area contributed by atoms with E-state index in [1.165, 1.54) is 7.11 Å². The van der Waals surface area contributed by atoms with Gasteiger partial charge in [0, 0.05) is 14.1 Å². The molecule has 0 aliphatic carbocycles. The summed E-state index contributed by atoms with van der Waals surface area (Å²) < 4.78 is 4.38. The van der Waals surface area contributed by atoms with Gasteiger partial charge in [-0.2, -0.15) is 0 Å². The summed E-state index contributed by atoms with van der Waals surface area (Å²) in [7, 11) is 4.81. The molecular formula is C14H19ClN4O4. The molecule has 126 valence electrons. The van der Waals surface area contributed by atoms with Crippen LogP contribution in [0.3, 0.4) is 0 Å². The number of rotatable bonds is 6. The Morgan fingerprint density at radius 2 is 1.87 bits per heavy atom. The number of carbonyl (C=O) groups is 3. The van der Waals surface area contributed by atoms with Gasteiger partial charge in [0.05, 0.1) is 30.1 Å². The number of amides is 3. The van der Waals surface area contributed by atoms with Gasteiger partial charge in [-0.15, -0.1) is 0 Å². The summed E-state index contributed by atoms with van der Waals surface area (Å²) >= 11 is 6.10. The summed E-state index contributed by atoms with van der Waals surface area (Å²) in [5.74, 6) is -1.08. The molecule has 0 saturated heterocycles. The van der Waals surface area contributed by atoms with Crippen LogP contribution in [0.2, 0.25) is 5.02 Å². The third kappa shape index (κ3) is 6.03. The molecule has 1 aromatic rings. The van der Waals surface area contributed by atoms with E-state index < -0.39 is 17.9 Å². The van der Waals surface area contributed by atoms with Crippen molar-refractivity contribution in [2.24, 2.45) is 0 Å². The maximum absolute atomic E-state index is 11.8. The Morgan fingerprint density at radius 3 is 2.48 bits per heavy atom. The van der Waals surface area contributed by atoms with E-state index >= 15 is 0 Å². The molecule has 0 aromatic heterocycles. The van der Waals surface area contributed by atoms with Crippen molar-refractivity contribution >= 4 is 40.9 Å². The number of hydrogen-bond donors (Lipinski definition) is 3. The van der Waals surface area contributed by atoms with Crippen LogP contribution in [0, 0.1) is 0 Å². The Labute approximate surface area is 139 Å². The Balaban J connectivity index is 2.53. The molecule has 0 saturated carbocycles. The zero-order chi connectivity index (χ0) is 17.4. The maximum atomic E-state index is 11.8. The molecule has 3 N–H and O–H groups in total. The minimum Gasteiger partial charge on any atom is -0.468 e. The van der Waals surface area contributed by atoms with Crippen molar-refractivity contribution in [3.8, 4) is 0 Å². The minimum atomic E-state index is -0.572. The van der Waals surface area contributed by atoms with Crippen LogP contribution in [0.4, 0.5) is 16.2 Å². The van der Waals surface area contributed by atoms with Crippen LogP contribution in [0.1, 0.15) is 0 Å². The summed E-state index contributed by atoms with van der Waals surface area (Å²) in [6.45, 7) is -0.529. The smallest absolute Gasteiger partial charge is 0.325 e. The van der Waals surface area contributed by atoms with Gasteiger partial charge in [0.25, 0.3) is 0 Å². The van der Waals surface area contributed by atoms with E-state index in [0.29, 0.717) is 16.4 Å². The van der Waals surface area contributed by atoms with Gasteiger partial charge >= 0.3 is 12.0 Å². The molecule has 1 aromatic carbocycles. The first-order chi connectivity index (χ1) is 10.8. The fourth-order valence-electron chi connectivity index (χ4n) is 1.70. The van der Waals surface area contributed by atoms with Crippen molar-refractivity contribution < 1.29 is 19.1 Å². The summed E-state index contributed by atoms with van der Waals surface area (Å²) in [5, 5.41) is 7.79. The number of carbonyl (C=O) groups excluding carboxylic acids is 3. The average molecular weight is 343 g/mol. The largest absolute Gasteiger partial charge is 0.468 e. The predicted molar refractivity (Wildman–Crippen MR) is 87.8 cm³/mol. The molecular weight excluding hydrogens is 324 g/mol. The van der Waals surface area contributed by atoms with Gasteiger partial charge in [0.1, 0.15) is 6.54 Å². The normalized spacial score (nSPS) is 9.74. The molecule has 0 fully saturated rings. The van der Waals surface area contributed by atoms with Crippen molar-refractivity contribution in [2.75, 3.05) is 44.5 Å². The summed E-state index contributed by atoms with van der Waals surface area (Å²) in [4.78, 5) is 35.9. The molecule has 0 heterocycles. The number of urea groups is 1. The van der Waals surface area contributed by atoms with Crippen LogP contribution >= 0.6 is 11.6 Å². The number of benzene rings is 1. The first-order valence-corrected chi connectivity index (χ1v) is 7.07. The van der Waals surface area contributed by atoms with Crippen LogP contribution < -0.4 is 20.9 Å². The van der Waals surface area contributed by atoms with Gasteiger partial charge in [-0.05, 0) is 12.1 Å². The molecule has 0 aliphatic heterocycles. The highest BCUT2D eigenvalue weighted by molar-refractivity contribution is 6.34. The Kier molecular flexibility index (Phi) is 7.14. The Hall–Kier alpha value is -2.48. The zero-order valence-electron chi connectivity index (χ0n) is 13.1. The van der Waals surface area contributed by atoms with E-state index in [1.54, 1.807) is 37.2 Å². The first kappa shape index (κ1) is 18.6. The van der Waals surface area contributed by atoms with Crippen molar-refractivity contribution in [3.05, 3.63) is 23.2 Å². The van der Waals surface area contributed by atoms with E-state index in [2.05, 4.69) is 20.7 Å². The minimum absolute atomic E-state index is 0.252. The van der Waals surface area contributed by atoms with Crippen molar-refractivity contribution in [1.29, 1.82) is 0 Å². The Morgan fingerprint density at radius 1 is 1.17 bits per heavy atom. The molecule has 3 amide bonds. The second kappa shape index (κ2) is 8.84. The zero-order valence-corrected chi connectivity index (χ0v) is 13.9. The molecule has 0 aliphatic rings. The lowest BCUT2D eigenvalue weighted by Crippen LogP contribution is -2.40. The van der Waals surface area contributed by atoms with E-state index in [9.17, 15) is 14.4 Å². The standard InChI is InChI=1S/C14H19ClN4O4/c1-19(2)13-9(15)5-4-6-10(13)18-14(22)17-7-11(20)16-8-12(21)23-3/h4-6H,7-8H2,1-3H3,(H,16,20)(H2,17,18,22). The number of hydrogen-bond acceptors (Lipinski definition) is 5. The predicted octanol–water partition coefficient (Wildman–Crippen LogP) is 0.817. The van der Waals surface area contributed by atoms with Crippen LogP contribution in [0.15, 0.2) is 18.2 Å². The van der Waals surface area contributed by atoms with Crippen LogP contribution in [0.5, 0.6) is 0 Å². The van der Waals surface area contributed by atoms with Gasteiger partial charge in [-0.3, -0.25) is 9.59 Å². The first-order valence-electron chi connectivity index (χ1n) is 6.69. The molecule has 0 radical (unpaired) electrons. The number of ether oxygens (including phenoxy) is 1.